The Labute approximate surface area is 327 Å². The SMILES string of the molecule is c1ccc(-c2ccc(N(c3ccccc3)c3ccc(-c4cc(-c5ccccc5)cc(-c5cccc6c5c5ccccc5n6-c5ccccc5)c4)cc3)cc2)cc1. The van der Waals surface area contributed by atoms with E-state index in [2.05, 4.69) is 240 Å². The van der Waals surface area contributed by atoms with Gasteiger partial charge in [0.25, 0.3) is 0 Å². The first-order valence-corrected chi connectivity index (χ1v) is 19.2. The van der Waals surface area contributed by atoms with Crippen LogP contribution in [0, 0.1) is 0 Å². The number of rotatable bonds is 8. The average molecular weight is 715 g/mol. The number of nitrogens with zero attached hydrogens (tertiary/aromatic N) is 2. The first-order valence-electron chi connectivity index (χ1n) is 19.2. The zero-order valence-electron chi connectivity index (χ0n) is 30.8. The average Bonchev–Trinajstić information content (AvgIpc) is 3.63. The van der Waals surface area contributed by atoms with Gasteiger partial charge < -0.3 is 9.47 Å². The summed E-state index contributed by atoms with van der Waals surface area (Å²) >= 11 is 0. The molecule has 0 saturated carbocycles. The van der Waals surface area contributed by atoms with Crippen LogP contribution in [0.3, 0.4) is 0 Å². The number of para-hydroxylation sites is 3. The third-order valence-corrected chi connectivity index (χ3v) is 10.8. The van der Waals surface area contributed by atoms with Crippen LogP contribution >= 0.6 is 0 Å². The van der Waals surface area contributed by atoms with Crippen molar-refractivity contribution in [3.05, 3.63) is 231 Å². The van der Waals surface area contributed by atoms with Gasteiger partial charge in [0.2, 0.25) is 0 Å². The van der Waals surface area contributed by atoms with Crippen molar-refractivity contribution < 1.29 is 0 Å². The standard InChI is InChI=1S/C54H38N2/c1-5-16-39(17-6-1)41-28-32-48(33-29-41)55(46-20-9-3-10-21-46)49-34-30-42(31-35-49)44-36-43(40-18-7-2-8-19-40)37-45(38-44)50-25-15-27-53-54(50)51-24-13-14-26-52(51)56(53)47-22-11-4-12-23-47/h1-38H. The van der Waals surface area contributed by atoms with Gasteiger partial charge in [-0.05, 0) is 123 Å². The highest BCUT2D eigenvalue weighted by Gasteiger charge is 2.18. The summed E-state index contributed by atoms with van der Waals surface area (Å²) in [6.07, 6.45) is 0. The summed E-state index contributed by atoms with van der Waals surface area (Å²) in [4.78, 5) is 2.33. The Morgan fingerprint density at radius 3 is 1.32 bits per heavy atom. The normalized spacial score (nSPS) is 11.2. The molecule has 0 aliphatic carbocycles. The molecule has 0 spiro atoms. The fourth-order valence-electron chi connectivity index (χ4n) is 8.12. The molecule has 9 aromatic carbocycles. The van der Waals surface area contributed by atoms with Crippen molar-refractivity contribution in [2.45, 2.75) is 0 Å². The number of benzene rings is 9. The molecule has 56 heavy (non-hydrogen) atoms. The van der Waals surface area contributed by atoms with E-state index in [4.69, 9.17) is 0 Å². The van der Waals surface area contributed by atoms with E-state index in [1.165, 1.54) is 66.3 Å². The third-order valence-electron chi connectivity index (χ3n) is 10.8. The lowest BCUT2D eigenvalue weighted by molar-refractivity contribution is 1.18. The molecule has 2 nitrogen and oxygen atoms in total. The molecule has 0 aliphatic heterocycles. The van der Waals surface area contributed by atoms with E-state index in [9.17, 15) is 0 Å². The van der Waals surface area contributed by atoms with Crippen LogP contribution in [0.4, 0.5) is 17.1 Å². The van der Waals surface area contributed by atoms with E-state index < -0.39 is 0 Å². The Bertz CT molecular complexity index is 2910. The van der Waals surface area contributed by atoms with Crippen molar-refractivity contribution in [1.82, 2.24) is 4.57 Å². The minimum absolute atomic E-state index is 1.10. The second-order valence-corrected chi connectivity index (χ2v) is 14.2. The lowest BCUT2D eigenvalue weighted by Crippen LogP contribution is -2.09. The van der Waals surface area contributed by atoms with E-state index in [0.29, 0.717) is 0 Å². The molecule has 264 valence electrons. The molecule has 0 atom stereocenters. The quantitative estimate of drug-likeness (QED) is 0.152. The van der Waals surface area contributed by atoms with Gasteiger partial charge in [-0.3, -0.25) is 0 Å². The fraction of sp³-hybridized carbons (Fsp3) is 0. The van der Waals surface area contributed by atoms with Crippen LogP contribution in [0.15, 0.2) is 231 Å². The monoisotopic (exact) mass is 714 g/mol. The molecule has 0 amide bonds. The molecule has 0 unspecified atom stereocenters. The van der Waals surface area contributed by atoms with E-state index in [-0.39, 0.29) is 0 Å². The predicted molar refractivity (Wildman–Crippen MR) is 237 cm³/mol. The van der Waals surface area contributed by atoms with E-state index in [0.717, 1.165) is 22.7 Å². The number of fused-ring (bicyclic) bond motifs is 3. The largest absolute Gasteiger partial charge is 0.311 e. The van der Waals surface area contributed by atoms with Crippen LogP contribution < -0.4 is 4.90 Å². The minimum atomic E-state index is 1.10. The van der Waals surface area contributed by atoms with Crippen LogP contribution in [-0.4, -0.2) is 4.57 Å². The smallest absolute Gasteiger partial charge is 0.0547 e. The van der Waals surface area contributed by atoms with Crippen molar-refractivity contribution in [2.24, 2.45) is 0 Å². The lowest BCUT2D eigenvalue weighted by Gasteiger charge is -2.26. The summed E-state index contributed by atoms with van der Waals surface area (Å²) in [6, 6.07) is 83.0. The fourth-order valence-corrected chi connectivity index (χ4v) is 8.12. The highest BCUT2D eigenvalue weighted by molar-refractivity contribution is 6.16. The molecule has 0 bridgehead atoms. The zero-order valence-corrected chi connectivity index (χ0v) is 30.8. The highest BCUT2D eigenvalue weighted by atomic mass is 15.1. The summed E-state index contributed by atoms with van der Waals surface area (Å²) in [5, 5.41) is 2.51. The van der Waals surface area contributed by atoms with Gasteiger partial charge in [-0.15, -0.1) is 0 Å². The van der Waals surface area contributed by atoms with E-state index in [1.807, 2.05) is 0 Å². The van der Waals surface area contributed by atoms with Crippen LogP contribution in [0.25, 0.3) is 72.0 Å². The number of aromatic nitrogens is 1. The Hall–Kier alpha value is -7.42. The molecule has 1 aromatic heterocycles. The summed E-state index contributed by atoms with van der Waals surface area (Å²) < 4.78 is 2.39. The molecule has 2 heteroatoms. The number of hydrogen-bond donors (Lipinski definition) is 0. The Morgan fingerprint density at radius 1 is 0.286 bits per heavy atom. The van der Waals surface area contributed by atoms with E-state index in [1.54, 1.807) is 0 Å². The second-order valence-electron chi connectivity index (χ2n) is 14.2. The maximum Gasteiger partial charge on any atom is 0.0547 e. The van der Waals surface area contributed by atoms with Crippen molar-refractivity contribution in [3.8, 4) is 50.2 Å². The molecule has 0 radical (unpaired) electrons. The summed E-state index contributed by atoms with van der Waals surface area (Å²) in [5.41, 5.74) is 16.4. The van der Waals surface area contributed by atoms with Gasteiger partial charge in [-0.25, -0.2) is 0 Å². The Balaban J connectivity index is 1.10. The maximum absolute atomic E-state index is 2.39. The molecular weight excluding hydrogens is 677 g/mol. The van der Waals surface area contributed by atoms with Gasteiger partial charge in [0.15, 0.2) is 0 Å². The van der Waals surface area contributed by atoms with Crippen LogP contribution in [0.1, 0.15) is 0 Å². The van der Waals surface area contributed by atoms with Crippen molar-refractivity contribution >= 4 is 38.9 Å². The van der Waals surface area contributed by atoms with Crippen molar-refractivity contribution in [2.75, 3.05) is 4.90 Å². The summed E-state index contributed by atoms with van der Waals surface area (Å²) in [5.74, 6) is 0. The van der Waals surface area contributed by atoms with E-state index >= 15 is 0 Å². The molecule has 0 fully saturated rings. The number of anilines is 3. The van der Waals surface area contributed by atoms with Crippen LogP contribution in [0.2, 0.25) is 0 Å². The van der Waals surface area contributed by atoms with Crippen LogP contribution in [0.5, 0.6) is 0 Å². The third kappa shape index (κ3) is 6.14. The topological polar surface area (TPSA) is 8.17 Å². The van der Waals surface area contributed by atoms with Gasteiger partial charge in [-0.2, -0.15) is 0 Å². The second kappa shape index (κ2) is 14.4. The van der Waals surface area contributed by atoms with Gasteiger partial charge in [0.1, 0.15) is 0 Å². The summed E-state index contributed by atoms with van der Waals surface area (Å²) in [6.45, 7) is 0. The van der Waals surface area contributed by atoms with Gasteiger partial charge in [0.05, 0.1) is 11.0 Å². The highest BCUT2D eigenvalue weighted by Crippen LogP contribution is 2.42. The Morgan fingerprint density at radius 2 is 0.714 bits per heavy atom. The summed E-state index contributed by atoms with van der Waals surface area (Å²) in [7, 11) is 0. The molecule has 10 rings (SSSR count). The molecule has 0 N–H and O–H groups in total. The van der Waals surface area contributed by atoms with Gasteiger partial charge in [-0.1, -0.05) is 152 Å². The first-order chi connectivity index (χ1) is 27.8. The molecule has 1 heterocycles. The van der Waals surface area contributed by atoms with Crippen LogP contribution in [-0.2, 0) is 0 Å². The predicted octanol–water partition coefficient (Wildman–Crippen LogP) is 14.9. The zero-order chi connectivity index (χ0) is 37.3. The first kappa shape index (κ1) is 33.2. The van der Waals surface area contributed by atoms with Gasteiger partial charge >= 0.3 is 0 Å². The van der Waals surface area contributed by atoms with Crippen molar-refractivity contribution in [3.63, 3.8) is 0 Å². The minimum Gasteiger partial charge on any atom is -0.311 e. The maximum atomic E-state index is 2.39. The number of hydrogen-bond acceptors (Lipinski definition) is 1. The molecular formula is C54H38N2. The molecule has 10 aromatic rings. The van der Waals surface area contributed by atoms with Crippen molar-refractivity contribution in [1.29, 1.82) is 0 Å². The Kier molecular flexibility index (Phi) is 8.55. The molecule has 0 saturated heterocycles. The van der Waals surface area contributed by atoms with Gasteiger partial charge in [0, 0.05) is 33.5 Å². The lowest BCUT2D eigenvalue weighted by atomic mass is 9.91. The molecule has 0 aliphatic rings.